The molecule has 0 aromatic heterocycles. The van der Waals surface area contributed by atoms with Gasteiger partial charge in [-0.2, -0.15) is 0 Å². The summed E-state index contributed by atoms with van der Waals surface area (Å²) in [6.07, 6.45) is 1.85. The number of amides is 2. The fourth-order valence-corrected chi connectivity index (χ4v) is 3.23. The summed E-state index contributed by atoms with van der Waals surface area (Å²) in [6, 6.07) is 15.4. The molecule has 2 N–H and O–H groups in total. The van der Waals surface area contributed by atoms with E-state index in [9.17, 15) is 9.59 Å². The molecule has 156 valence electrons. The third-order valence-electron chi connectivity index (χ3n) is 5.41. The molecule has 0 aliphatic heterocycles. The highest BCUT2D eigenvalue weighted by molar-refractivity contribution is 5.93. The van der Waals surface area contributed by atoms with Crippen molar-refractivity contribution >= 4 is 17.5 Å². The lowest BCUT2D eigenvalue weighted by molar-refractivity contribution is -0.127. The Morgan fingerprint density at radius 2 is 1.72 bits per heavy atom. The molecule has 2 amide bonds. The Kier molecular flexibility index (Phi) is 8.40. The van der Waals surface area contributed by atoms with E-state index in [-0.39, 0.29) is 24.4 Å². The zero-order chi connectivity index (χ0) is 21.4. The Labute approximate surface area is 174 Å². The maximum absolute atomic E-state index is 12.8. The second-order valence-corrected chi connectivity index (χ2v) is 7.65. The molecule has 0 aliphatic carbocycles. The van der Waals surface area contributed by atoms with Gasteiger partial charge in [0.15, 0.2) is 0 Å². The van der Waals surface area contributed by atoms with Gasteiger partial charge in [0.05, 0.1) is 18.6 Å². The second kappa shape index (κ2) is 10.8. The molecule has 0 radical (unpaired) electrons. The van der Waals surface area contributed by atoms with Crippen molar-refractivity contribution < 1.29 is 9.59 Å². The molecule has 5 nitrogen and oxygen atoms in total. The Bertz CT molecular complexity index is 820. The van der Waals surface area contributed by atoms with E-state index in [1.165, 1.54) is 0 Å². The van der Waals surface area contributed by atoms with E-state index in [1.54, 1.807) is 11.9 Å². The molecule has 29 heavy (non-hydrogen) atoms. The molecule has 0 spiro atoms. The molecule has 0 saturated heterocycles. The molecule has 2 aromatic carbocycles. The minimum Gasteiger partial charge on any atom is -0.348 e. The summed E-state index contributed by atoms with van der Waals surface area (Å²) < 4.78 is 0. The molecular formula is C24H33N3O2. The lowest BCUT2D eigenvalue weighted by Crippen LogP contribution is -2.46. The number of nitrogens with one attached hydrogen (secondary N) is 2. The zero-order valence-corrected chi connectivity index (χ0v) is 18.2. The fraction of sp³-hybridized carbons (Fsp3) is 0.417. The van der Waals surface area contributed by atoms with E-state index in [1.807, 2.05) is 69.3 Å². The van der Waals surface area contributed by atoms with Crippen molar-refractivity contribution in [2.24, 2.45) is 0 Å². The molecule has 2 atom stereocenters. The number of benzene rings is 2. The van der Waals surface area contributed by atoms with Gasteiger partial charge in [-0.25, -0.2) is 0 Å². The van der Waals surface area contributed by atoms with E-state index in [2.05, 4.69) is 17.6 Å². The van der Waals surface area contributed by atoms with Gasteiger partial charge in [0.1, 0.15) is 0 Å². The standard InChI is InChI=1S/C24H33N3O2/c1-6-11-22(20-13-8-7-9-14-20)26-24(29)19(4)27(5)16-23(28)25-21-15-10-12-17(2)18(21)3/h7-10,12-15,19,22H,6,11,16H2,1-5H3,(H,25,28)(H,26,29)/t19-,22+/m0/s1. The molecule has 2 rings (SSSR count). The number of anilines is 1. The lowest BCUT2D eigenvalue weighted by atomic mass is 10.0. The van der Waals surface area contributed by atoms with Crippen molar-refractivity contribution in [1.29, 1.82) is 0 Å². The van der Waals surface area contributed by atoms with Gasteiger partial charge in [-0.15, -0.1) is 0 Å². The quantitative estimate of drug-likeness (QED) is 0.668. The van der Waals surface area contributed by atoms with Gasteiger partial charge >= 0.3 is 0 Å². The Morgan fingerprint density at radius 1 is 1.03 bits per heavy atom. The molecular weight excluding hydrogens is 362 g/mol. The lowest BCUT2D eigenvalue weighted by Gasteiger charge is -2.26. The highest BCUT2D eigenvalue weighted by Gasteiger charge is 2.23. The maximum Gasteiger partial charge on any atom is 0.238 e. The van der Waals surface area contributed by atoms with Crippen LogP contribution in [-0.4, -0.2) is 36.3 Å². The highest BCUT2D eigenvalue weighted by atomic mass is 16.2. The maximum atomic E-state index is 12.8. The molecule has 2 aromatic rings. The van der Waals surface area contributed by atoms with Gasteiger partial charge in [-0.1, -0.05) is 55.8 Å². The van der Waals surface area contributed by atoms with Gasteiger partial charge in [0.2, 0.25) is 11.8 Å². The monoisotopic (exact) mass is 395 g/mol. The normalized spacial score (nSPS) is 13.0. The van der Waals surface area contributed by atoms with Crippen LogP contribution in [0, 0.1) is 13.8 Å². The molecule has 0 unspecified atom stereocenters. The van der Waals surface area contributed by atoms with E-state index in [4.69, 9.17) is 0 Å². The number of aryl methyl sites for hydroxylation is 1. The average Bonchev–Trinajstić information content (AvgIpc) is 2.71. The number of rotatable bonds is 9. The number of carbonyl (C=O) groups excluding carboxylic acids is 2. The first kappa shape index (κ1) is 22.6. The van der Waals surface area contributed by atoms with E-state index >= 15 is 0 Å². The molecule has 0 aliphatic rings. The van der Waals surface area contributed by atoms with E-state index < -0.39 is 6.04 Å². The minimum atomic E-state index is -0.414. The van der Waals surface area contributed by atoms with Gasteiger partial charge in [-0.3, -0.25) is 14.5 Å². The van der Waals surface area contributed by atoms with Crippen molar-refractivity contribution in [3.05, 3.63) is 65.2 Å². The minimum absolute atomic E-state index is 0.0201. The Hall–Kier alpha value is -2.66. The van der Waals surface area contributed by atoms with Crippen LogP contribution >= 0.6 is 0 Å². The summed E-state index contributed by atoms with van der Waals surface area (Å²) in [6.45, 7) is 8.08. The summed E-state index contributed by atoms with van der Waals surface area (Å²) in [7, 11) is 1.80. The molecule has 5 heteroatoms. The zero-order valence-electron chi connectivity index (χ0n) is 18.2. The first-order valence-corrected chi connectivity index (χ1v) is 10.2. The molecule has 0 bridgehead atoms. The summed E-state index contributed by atoms with van der Waals surface area (Å²) in [4.78, 5) is 27.0. The van der Waals surface area contributed by atoms with Crippen LogP contribution < -0.4 is 10.6 Å². The van der Waals surface area contributed by atoms with Crippen molar-refractivity contribution in [3.8, 4) is 0 Å². The van der Waals surface area contributed by atoms with Crippen LogP contribution in [0.25, 0.3) is 0 Å². The van der Waals surface area contributed by atoms with E-state index in [0.717, 1.165) is 35.2 Å². The van der Waals surface area contributed by atoms with Crippen LogP contribution in [-0.2, 0) is 9.59 Å². The summed E-state index contributed by atoms with van der Waals surface area (Å²) >= 11 is 0. The summed E-state index contributed by atoms with van der Waals surface area (Å²) in [5, 5.41) is 6.09. The van der Waals surface area contributed by atoms with Crippen molar-refractivity contribution in [3.63, 3.8) is 0 Å². The number of likely N-dealkylation sites (N-methyl/N-ethyl adjacent to an activating group) is 1. The Balaban J connectivity index is 1.95. The van der Waals surface area contributed by atoms with Crippen LogP contribution in [0.3, 0.4) is 0 Å². The smallest absolute Gasteiger partial charge is 0.238 e. The number of nitrogens with zero attached hydrogens (tertiary/aromatic N) is 1. The molecule has 0 fully saturated rings. The first-order chi connectivity index (χ1) is 13.8. The van der Waals surface area contributed by atoms with Crippen molar-refractivity contribution in [2.75, 3.05) is 18.9 Å². The highest BCUT2D eigenvalue weighted by Crippen LogP contribution is 2.19. The van der Waals surface area contributed by atoms with Crippen LogP contribution in [0.4, 0.5) is 5.69 Å². The second-order valence-electron chi connectivity index (χ2n) is 7.65. The summed E-state index contributed by atoms with van der Waals surface area (Å²) in [5.74, 6) is -0.205. The fourth-order valence-electron chi connectivity index (χ4n) is 3.23. The van der Waals surface area contributed by atoms with Crippen LogP contribution in [0.15, 0.2) is 48.5 Å². The van der Waals surface area contributed by atoms with Crippen LogP contribution in [0.1, 0.15) is 49.4 Å². The van der Waals surface area contributed by atoms with Crippen molar-refractivity contribution in [1.82, 2.24) is 10.2 Å². The largest absolute Gasteiger partial charge is 0.348 e. The average molecular weight is 396 g/mol. The number of hydrogen-bond acceptors (Lipinski definition) is 3. The van der Waals surface area contributed by atoms with E-state index in [0.29, 0.717) is 0 Å². The number of hydrogen-bond donors (Lipinski definition) is 2. The third-order valence-corrected chi connectivity index (χ3v) is 5.41. The van der Waals surface area contributed by atoms with Crippen LogP contribution in [0.2, 0.25) is 0 Å². The van der Waals surface area contributed by atoms with Crippen molar-refractivity contribution in [2.45, 2.75) is 52.6 Å². The predicted octanol–water partition coefficient (Wildman–Crippen LogP) is 4.22. The van der Waals surface area contributed by atoms with Gasteiger partial charge in [0, 0.05) is 5.69 Å². The topological polar surface area (TPSA) is 61.4 Å². The van der Waals surface area contributed by atoms with Gasteiger partial charge in [-0.05, 0) is 57.0 Å². The first-order valence-electron chi connectivity index (χ1n) is 10.2. The van der Waals surface area contributed by atoms with Crippen LogP contribution in [0.5, 0.6) is 0 Å². The van der Waals surface area contributed by atoms with Gasteiger partial charge in [0.25, 0.3) is 0 Å². The SMILES string of the molecule is CCC[C@@H](NC(=O)[C@H](C)N(C)CC(=O)Nc1cccc(C)c1C)c1ccccc1. The molecule has 0 saturated carbocycles. The molecule has 0 heterocycles. The third kappa shape index (κ3) is 6.43. The Morgan fingerprint density at radius 3 is 2.38 bits per heavy atom. The predicted molar refractivity (Wildman–Crippen MR) is 119 cm³/mol. The van der Waals surface area contributed by atoms with Gasteiger partial charge < -0.3 is 10.6 Å². The summed E-state index contributed by atoms with van der Waals surface area (Å²) in [5.41, 5.74) is 4.10. The number of carbonyl (C=O) groups is 2.